The molecule has 1 aromatic heterocycles. The monoisotopic (exact) mass is 303 g/mol. The Morgan fingerprint density at radius 1 is 1.29 bits per heavy atom. The van der Waals surface area contributed by atoms with E-state index in [1.807, 2.05) is 19.9 Å². The van der Waals surface area contributed by atoms with Crippen molar-refractivity contribution in [1.82, 2.24) is 9.97 Å². The first-order valence-corrected chi connectivity index (χ1v) is 8.05. The fraction of sp³-hybridized carbons (Fsp3) is 0.375. The van der Waals surface area contributed by atoms with Crippen LogP contribution >= 0.6 is 11.8 Å². The van der Waals surface area contributed by atoms with Crippen molar-refractivity contribution in [2.45, 2.75) is 42.5 Å². The Kier molecular flexibility index (Phi) is 4.10. The molecular weight excluding hydrogens is 285 g/mol. The quantitative estimate of drug-likeness (QED) is 0.832. The molecule has 1 heterocycles. The highest BCUT2D eigenvalue weighted by molar-refractivity contribution is 7.99. The summed E-state index contributed by atoms with van der Waals surface area (Å²) in [4.78, 5) is 9.88. The van der Waals surface area contributed by atoms with Crippen LogP contribution in [0.25, 0.3) is 0 Å². The molecule has 0 atom stereocenters. The van der Waals surface area contributed by atoms with E-state index in [1.54, 1.807) is 12.1 Å². The van der Waals surface area contributed by atoms with Gasteiger partial charge in [0.05, 0.1) is 0 Å². The molecule has 5 heteroatoms. The lowest BCUT2D eigenvalue weighted by atomic mass is 10.3. The summed E-state index contributed by atoms with van der Waals surface area (Å²) in [5.74, 6) is 2.02. The normalized spacial score (nSPS) is 14.2. The molecular formula is C16H18FN3S. The third-order valence-electron chi connectivity index (χ3n) is 3.45. The Morgan fingerprint density at radius 3 is 2.71 bits per heavy atom. The molecule has 0 spiro atoms. The summed E-state index contributed by atoms with van der Waals surface area (Å²) in [5.41, 5.74) is 0.981. The van der Waals surface area contributed by atoms with Gasteiger partial charge in [-0.25, -0.2) is 14.4 Å². The summed E-state index contributed by atoms with van der Waals surface area (Å²) in [6, 6.07) is 6.80. The molecule has 0 radical (unpaired) electrons. The molecule has 2 aromatic rings. The number of aromatic nitrogens is 2. The SMILES string of the molecule is CCNc1nc(C2CC2)nc(Sc2ccccc2F)c1C. The van der Waals surface area contributed by atoms with E-state index in [0.717, 1.165) is 41.6 Å². The molecule has 1 saturated carbocycles. The van der Waals surface area contributed by atoms with Gasteiger partial charge in [-0.2, -0.15) is 0 Å². The second-order valence-electron chi connectivity index (χ2n) is 5.20. The van der Waals surface area contributed by atoms with E-state index in [4.69, 9.17) is 0 Å². The zero-order valence-electron chi connectivity index (χ0n) is 12.2. The van der Waals surface area contributed by atoms with E-state index in [-0.39, 0.29) is 5.82 Å². The molecule has 1 aromatic carbocycles. The topological polar surface area (TPSA) is 37.8 Å². The van der Waals surface area contributed by atoms with Crippen molar-refractivity contribution in [2.24, 2.45) is 0 Å². The first-order valence-electron chi connectivity index (χ1n) is 7.23. The predicted octanol–water partition coefficient (Wildman–Crippen LogP) is 4.38. The van der Waals surface area contributed by atoms with E-state index in [2.05, 4.69) is 15.3 Å². The van der Waals surface area contributed by atoms with Crippen molar-refractivity contribution in [2.75, 3.05) is 11.9 Å². The third kappa shape index (κ3) is 3.18. The number of hydrogen-bond acceptors (Lipinski definition) is 4. The smallest absolute Gasteiger partial charge is 0.137 e. The second-order valence-corrected chi connectivity index (χ2v) is 6.23. The minimum atomic E-state index is -0.210. The van der Waals surface area contributed by atoms with E-state index in [1.165, 1.54) is 17.8 Å². The van der Waals surface area contributed by atoms with Gasteiger partial charge >= 0.3 is 0 Å². The third-order valence-corrected chi connectivity index (χ3v) is 4.59. The average Bonchev–Trinajstić information content (AvgIpc) is 3.30. The highest BCUT2D eigenvalue weighted by Crippen LogP contribution is 2.41. The van der Waals surface area contributed by atoms with Crippen LogP contribution in [0.2, 0.25) is 0 Å². The van der Waals surface area contributed by atoms with Crippen molar-refractivity contribution < 1.29 is 4.39 Å². The number of halogens is 1. The van der Waals surface area contributed by atoms with Crippen molar-refractivity contribution in [3.63, 3.8) is 0 Å². The molecule has 21 heavy (non-hydrogen) atoms. The Morgan fingerprint density at radius 2 is 2.05 bits per heavy atom. The molecule has 0 saturated heterocycles. The van der Waals surface area contributed by atoms with Crippen LogP contribution in [0, 0.1) is 12.7 Å². The zero-order valence-corrected chi connectivity index (χ0v) is 13.0. The lowest BCUT2D eigenvalue weighted by Crippen LogP contribution is -2.07. The lowest BCUT2D eigenvalue weighted by molar-refractivity contribution is 0.602. The molecule has 3 nitrogen and oxygen atoms in total. The number of anilines is 1. The van der Waals surface area contributed by atoms with Gasteiger partial charge in [0.25, 0.3) is 0 Å². The van der Waals surface area contributed by atoms with Gasteiger partial charge in [0, 0.05) is 22.9 Å². The van der Waals surface area contributed by atoms with Gasteiger partial charge in [0.1, 0.15) is 22.5 Å². The van der Waals surface area contributed by atoms with Gasteiger partial charge in [0.15, 0.2) is 0 Å². The van der Waals surface area contributed by atoms with Crippen LogP contribution in [0.1, 0.15) is 37.1 Å². The maximum Gasteiger partial charge on any atom is 0.137 e. The molecule has 1 aliphatic carbocycles. The Balaban J connectivity index is 1.98. The van der Waals surface area contributed by atoms with Crippen molar-refractivity contribution in [3.05, 3.63) is 41.5 Å². The summed E-state index contributed by atoms with van der Waals surface area (Å²) in [5, 5.41) is 4.12. The summed E-state index contributed by atoms with van der Waals surface area (Å²) in [7, 11) is 0. The summed E-state index contributed by atoms with van der Waals surface area (Å²) >= 11 is 1.37. The molecule has 0 aliphatic heterocycles. The van der Waals surface area contributed by atoms with Crippen LogP contribution in [0.15, 0.2) is 34.2 Å². The van der Waals surface area contributed by atoms with Gasteiger partial charge in [-0.05, 0) is 38.8 Å². The minimum Gasteiger partial charge on any atom is -0.370 e. The highest BCUT2D eigenvalue weighted by atomic mass is 32.2. The summed E-state index contributed by atoms with van der Waals surface area (Å²) in [6.45, 7) is 4.84. The second kappa shape index (κ2) is 6.02. The molecule has 1 aliphatic rings. The first-order chi connectivity index (χ1) is 10.2. The predicted molar refractivity (Wildman–Crippen MR) is 83.4 cm³/mol. The van der Waals surface area contributed by atoms with Gasteiger partial charge in [-0.1, -0.05) is 23.9 Å². The zero-order chi connectivity index (χ0) is 14.8. The fourth-order valence-corrected chi connectivity index (χ4v) is 3.02. The van der Waals surface area contributed by atoms with Crippen LogP contribution in [-0.2, 0) is 0 Å². The molecule has 0 bridgehead atoms. The first kappa shape index (κ1) is 14.3. The lowest BCUT2D eigenvalue weighted by Gasteiger charge is -2.13. The number of rotatable bonds is 5. The van der Waals surface area contributed by atoms with Crippen LogP contribution in [0.3, 0.4) is 0 Å². The van der Waals surface area contributed by atoms with Crippen molar-refractivity contribution in [1.29, 1.82) is 0 Å². The summed E-state index contributed by atoms with van der Waals surface area (Å²) in [6.07, 6.45) is 2.30. The van der Waals surface area contributed by atoms with E-state index in [0.29, 0.717) is 10.8 Å². The van der Waals surface area contributed by atoms with Crippen LogP contribution in [-0.4, -0.2) is 16.5 Å². The number of hydrogen-bond donors (Lipinski definition) is 1. The van der Waals surface area contributed by atoms with Crippen LogP contribution in [0.5, 0.6) is 0 Å². The van der Waals surface area contributed by atoms with E-state index >= 15 is 0 Å². The molecule has 0 amide bonds. The molecule has 110 valence electrons. The molecule has 0 unspecified atom stereocenters. The van der Waals surface area contributed by atoms with Crippen molar-refractivity contribution >= 4 is 17.6 Å². The number of nitrogens with one attached hydrogen (secondary N) is 1. The highest BCUT2D eigenvalue weighted by Gasteiger charge is 2.28. The fourth-order valence-electron chi connectivity index (χ4n) is 2.11. The van der Waals surface area contributed by atoms with Gasteiger partial charge in [-0.15, -0.1) is 0 Å². The maximum atomic E-state index is 13.8. The van der Waals surface area contributed by atoms with Crippen LogP contribution < -0.4 is 5.32 Å². The summed E-state index contributed by atoms with van der Waals surface area (Å²) < 4.78 is 13.8. The standard InChI is InChI=1S/C16H18FN3S/c1-3-18-14-10(2)16(20-15(19-14)11-8-9-11)21-13-7-5-4-6-12(13)17/h4-7,11H,3,8-9H2,1-2H3,(H,18,19,20). The number of benzene rings is 1. The largest absolute Gasteiger partial charge is 0.370 e. The molecule has 1 fully saturated rings. The van der Waals surface area contributed by atoms with Crippen molar-refractivity contribution in [3.8, 4) is 0 Å². The Bertz CT molecular complexity index is 656. The number of nitrogens with zero attached hydrogens (tertiary/aromatic N) is 2. The molecule has 3 rings (SSSR count). The van der Waals surface area contributed by atoms with E-state index in [9.17, 15) is 4.39 Å². The minimum absolute atomic E-state index is 0.210. The average molecular weight is 303 g/mol. The maximum absolute atomic E-state index is 13.8. The molecule has 1 N–H and O–H groups in total. The Labute approximate surface area is 128 Å². The van der Waals surface area contributed by atoms with Gasteiger partial charge < -0.3 is 5.32 Å². The van der Waals surface area contributed by atoms with Crippen LogP contribution in [0.4, 0.5) is 10.2 Å². The van der Waals surface area contributed by atoms with Gasteiger partial charge in [0.2, 0.25) is 0 Å². The van der Waals surface area contributed by atoms with E-state index < -0.39 is 0 Å². The Hall–Kier alpha value is -1.62. The van der Waals surface area contributed by atoms with Gasteiger partial charge in [-0.3, -0.25) is 0 Å².